The molecule has 0 radical (unpaired) electrons. The molecule has 0 aliphatic carbocycles. The van der Waals surface area contributed by atoms with E-state index in [-0.39, 0.29) is 0 Å². The first-order chi connectivity index (χ1) is 10.2. The van der Waals surface area contributed by atoms with Crippen molar-refractivity contribution in [3.63, 3.8) is 0 Å². The maximum Gasteiger partial charge on any atom is 0.0234 e. The van der Waals surface area contributed by atoms with E-state index >= 15 is 0 Å². The van der Waals surface area contributed by atoms with Crippen LogP contribution in [0.1, 0.15) is 44.2 Å². The summed E-state index contributed by atoms with van der Waals surface area (Å²) in [6.07, 6.45) is 1.29. The SMILES string of the molecule is CCNCC(C)c1ccc(CN2CCSC(CC)C2)cc1. The van der Waals surface area contributed by atoms with Crippen molar-refractivity contribution >= 4 is 11.8 Å². The van der Waals surface area contributed by atoms with Gasteiger partial charge in [0.25, 0.3) is 0 Å². The first kappa shape index (κ1) is 16.9. The lowest BCUT2D eigenvalue weighted by Gasteiger charge is -2.31. The number of thioether (sulfide) groups is 1. The topological polar surface area (TPSA) is 15.3 Å². The van der Waals surface area contributed by atoms with Crippen LogP contribution >= 0.6 is 11.8 Å². The third-order valence-corrected chi connectivity index (χ3v) is 5.71. The van der Waals surface area contributed by atoms with Crippen molar-refractivity contribution in [1.82, 2.24) is 10.2 Å². The molecular weight excluding hydrogens is 276 g/mol. The molecule has 0 bridgehead atoms. The molecule has 1 aliphatic heterocycles. The highest BCUT2D eigenvalue weighted by atomic mass is 32.2. The van der Waals surface area contributed by atoms with Crippen LogP contribution in [0.4, 0.5) is 0 Å². The van der Waals surface area contributed by atoms with E-state index in [1.165, 1.54) is 36.4 Å². The number of hydrogen-bond acceptors (Lipinski definition) is 3. The Morgan fingerprint density at radius 1 is 1.29 bits per heavy atom. The zero-order chi connectivity index (χ0) is 15.1. The van der Waals surface area contributed by atoms with Crippen molar-refractivity contribution in [2.75, 3.05) is 31.9 Å². The highest BCUT2D eigenvalue weighted by Crippen LogP contribution is 2.23. The molecule has 0 spiro atoms. The number of nitrogens with one attached hydrogen (secondary N) is 1. The fourth-order valence-corrected chi connectivity index (χ4v) is 4.11. The predicted molar refractivity (Wildman–Crippen MR) is 95.2 cm³/mol. The Bertz CT molecular complexity index is 404. The van der Waals surface area contributed by atoms with Crippen molar-refractivity contribution in [3.8, 4) is 0 Å². The van der Waals surface area contributed by atoms with Gasteiger partial charge in [0.15, 0.2) is 0 Å². The smallest absolute Gasteiger partial charge is 0.0234 e. The summed E-state index contributed by atoms with van der Waals surface area (Å²) in [5, 5.41) is 4.26. The molecule has 0 saturated carbocycles. The Labute approximate surface area is 134 Å². The van der Waals surface area contributed by atoms with E-state index in [2.05, 4.69) is 67.0 Å². The van der Waals surface area contributed by atoms with Gasteiger partial charge < -0.3 is 5.32 Å². The summed E-state index contributed by atoms with van der Waals surface area (Å²) in [6, 6.07) is 9.27. The first-order valence-electron chi connectivity index (χ1n) is 8.36. The van der Waals surface area contributed by atoms with Gasteiger partial charge in [-0.3, -0.25) is 4.90 Å². The van der Waals surface area contributed by atoms with Crippen molar-refractivity contribution in [2.45, 2.75) is 44.9 Å². The minimum absolute atomic E-state index is 0.592. The second-order valence-electron chi connectivity index (χ2n) is 6.09. The van der Waals surface area contributed by atoms with Crippen LogP contribution in [0.5, 0.6) is 0 Å². The maximum absolute atomic E-state index is 3.43. The van der Waals surface area contributed by atoms with Gasteiger partial charge in [-0.05, 0) is 30.0 Å². The van der Waals surface area contributed by atoms with Crippen LogP contribution in [-0.4, -0.2) is 42.1 Å². The average molecular weight is 307 g/mol. The quantitative estimate of drug-likeness (QED) is 0.826. The summed E-state index contributed by atoms with van der Waals surface area (Å²) < 4.78 is 0. The van der Waals surface area contributed by atoms with Crippen LogP contribution in [0.15, 0.2) is 24.3 Å². The molecule has 2 unspecified atom stereocenters. The van der Waals surface area contributed by atoms with E-state index in [0.717, 1.165) is 24.9 Å². The van der Waals surface area contributed by atoms with Crippen molar-refractivity contribution in [1.29, 1.82) is 0 Å². The fourth-order valence-electron chi connectivity index (χ4n) is 2.86. The van der Waals surface area contributed by atoms with Crippen molar-refractivity contribution in [2.24, 2.45) is 0 Å². The van der Waals surface area contributed by atoms with Crippen LogP contribution in [0, 0.1) is 0 Å². The highest BCUT2D eigenvalue weighted by Gasteiger charge is 2.18. The lowest BCUT2D eigenvalue weighted by atomic mass is 9.99. The predicted octanol–water partition coefficient (Wildman–Crippen LogP) is 3.73. The lowest BCUT2D eigenvalue weighted by molar-refractivity contribution is 0.273. The number of benzene rings is 1. The normalized spacial score (nSPS) is 21.4. The van der Waals surface area contributed by atoms with Gasteiger partial charge in [-0.1, -0.05) is 45.0 Å². The van der Waals surface area contributed by atoms with E-state index in [0.29, 0.717) is 5.92 Å². The molecule has 0 aromatic heterocycles. The van der Waals surface area contributed by atoms with Gasteiger partial charge in [-0.25, -0.2) is 0 Å². The maximum atomic E-state index is 3.43. The molecule has 1 aromatic rings. The molecule has 2 nitrogen and oxygen atoms in total. The van der Waals surface area contributed by atoms with Crippen LogP contribution in [0.2, 0.25) is 0 Å². The van der Waals surface area contributed by atoms with Crippen LogP contribution < -0.4 is 5.32 Å². The molecule has 1 heterocycles. The fraction of sp³-hybridized carbons (Fsp3) is 0.667. The van der Waals surface area contributed by atoms with Crippen LogP contribution in [-0.2, 0) is 6.54 Å². The van der Waals surface area contributed by atoms with E-state index < -0.39 is 0 Å². The Morgan fingerprint density at radius 3 is 2.71 bits per heavy atom. The van der Waals surface area contributed by atoms with Gasteiger partial charge in [0, 0.05) is 37.2 Å². The number of hydrogen-bond donors (Lipinski definition) is 1. The average Bonchev–Trinajstić information content (AvgIpc) is 2.53. The molecule has 2 atom stereocenters. The molecule has 1 aromatic carbocycles. The molecule has 2 rings (SSSR count). The molecule has 1 N–H and O–H groups in total. The first-order valence-corrected chi connectivity index (χ1v) is 9.41. The third kappa shape index (κ3) is 5.32. The number of likely N-dealkylation sites (N-methyl/N-ethyl adjacent to an activating group) is 1. The lowest BCUT2D eigenvalue weighted by Crippen LogP contribution is -2.37. The minimum atomic E-state index is 0.592. The number of nitrogens with zero attached hydrogens (tertiary/aromatic N) is 1. The molecule has 1 aliphatic rings. The van der Waals surface area contributed by atoms with Crippen LogP contribution in [0.25, 0.3) is 0 Å². The molecule has 0 amide bonds. The Balaban J connectivity index is 1.87. The standard InChI is InChI=1S/C18H30N2S/c1-4-18-14-20(10-11-21-18)13-16-6-8-17(9-7-16)15(3)12-19-5-2/h6-9,15,18-19H,4-5,10-14H2,1-3H3. The third-order valence-electron chi connectivity index (χ3n) is 4.33. The summed E-state index contributed by atoms with van der Waals surface area (Å²) in [5.74, 6) is 1.88. The van der Waals surface area contributed by atoms with E-state index in [1.54, 1.807) is 0 Å². The second-order valence-corrected chi connectivity index (χ2v) is 7.49. The highest BCUT2D eigenvalue weighted by molar-refractivity contribution is 8.00. The van der Waals surface area contributed by atoms with Crippen molar-refractivity contribution in [3.05, 3.63) is 35.4 Å². The monoisotopic (exact) mass is 306 g/mol. The molecule has 118 valence electrons. The molecule has 3 heteroatoms. The molecule has 21 heavy (non-hydrogen) atoms. The Kier molecular flexibility index (Phi) is 7.08. The molecular formula is C18H30N2S. The summed E-state index contributed by atoms with van der Waals surface area (Å²) in [7, 11) is 0. The van der Waals surface area contributed by atoms with Gasteiger partial charge in [-0.2, -0.15) is 11.8 Å². The van der Waals surface area contributed by atoms with Gasteiger partial charge in [0.1, 0.15) is 0 Å². The summed E-state index contributed by atoms with van der Waals surface area (Å²) in [4.78, 5) is 2.61. The molecule has 1 saturated heterocycles. The summed E-state index contributed by atoms with van der Waals surface area (Å²) in [6.45, 7) is 12.5. The Morgan fingerprint density at radius 2 is 2.05 bits per heavy atom. The van der Waals surface area contributed by atoms with Gasteiger partial charge >= 0.3 is 0 Å². The summed E-state index contributed by atoms with van der Waals surface area (Å²) >= 11 is 2.14. The van der Waals surface area contributed by atoms with Gasteiger partial charge in [0.05, 0.1) is 0 Å². The van der Waals surface area contributed by atoms with Gasteiger partial charge in [-0.15, -0.1) is 0 Å². The zero-order valence-corrected chi connectivity index (χ0v) is 14.6. The molecule has 1 fully saturated rings. The summed E-state index contributed by atoms with van der Waals surface area (Å²) in [5.41, 5.74) is 2.90. The number of rotatable bonds is 7. The second kappa shape index (κ2) is 8.82. The minimum Gasteiger partial charge on any atom is -0.316 e. The Hall–Kier alpha value is -0.510. The van der Waals surface area contributed by atoms with Crippen LogP contribution in [0.3, 0.4) is 0 Å². The van der Waals surface area contributed by atoms with E-state index in [1.807, 2.05) is 0 Å². The van der Waals surface area contributed by atoms with E-state index in [9.17, 15) is 0 Å². The largest absolute Gasteiger partial charge is 0.316 e. The van der Waals surface area contributed by atoms with E-state index in [4.69, 9.17) is 0 Å². The van der Waals surface area contributed by atoms with Crippen molar-refractivity contribution < 1.29 is 0 Å². The van der Waals surface area contributed by atoms with Gasteiger partial charge in [0.2, 0.25) is 0 Å². The zero-order valence-electron chi connectivity index (χ0n) is 13.8.